The number of hydrogen-bond donors (Lipinski definition) is 1. The number of ether oxygens (including phenoxy) is 1. The quantitative estimate of drug-likeness (QED) is 0.353. The van der Waals surface area contributed by atoms with Gasteiger partial charge >= 0.3 is 6.09 Å². The lowest BCUT2D eigenvalue weighted by molar-refractivity contribution is -0.0418. The SMILES string of the molecule is CC(C)CC1(C(O)c2ccc3c(cnn3[Si](C(C)C)(C(C)C)C(C)C)c2)CCCN1C(=O)OC(C)(C)C. The maximum absolute atomic E-state index is 13.3. The Kier molecular flexibility index (Phi) is 8.60. The van der Waals surface area contributed by atoms with Gasteiger partial charge in [0.05, 0.1) is 17.3 Å². The molecule has 2 aromatic rings. The van der Waals surface area contributed by atoms with E-state index < -0.39 is 25.5 Å². The summed E-state index contributed by atoms with van der Waals surface area (Å²) in [6.45, 7) is 24.7. The molecule has 0 radical (unpaired) electrons. The fourth-order valence-electron chi connectivity index (χ4n) is 7.38. The minimum absolute atomic E-state index is 0.318. The van der Waals surface area contributed by atoms with Gasteiger partial charge in [0.25, 0.3) is 0 Å². The van der Waals surface area contributed by atoms with Gasteiger partial charge < -0.3 is 9.84 Å². The van der Waals surface area contributed by atoms with Crippen molar-refractivity contribution in [2.45, 2.75) is 129 Å². The van der Waals surface area contributed by atoms with Crippen molar-refractivity contribution in [1.82, 2.24) is 14.3 Å². The molecule has 1 aromatic carbocycles. The van der Waals surface area contributed by atoms with Crippen molar-refractivity contribution in [2.75, 3.05) is 6.54 Å². The molecule has 7 heteroatoms. The van der Waals surface area contributed by atoms with E-state index in [2.05, 4.69) is 77.9 Å². The first-order valence-electron chi connectivity index (χ1n) is 14.2. The summed E-state index contributed by atoms with van der Waals surface area (Å²) in [5, 5.41) is 18.0. The summed E-state index contributed by atoms with van der Waals surface area (Å²) >= 11 is 0. The molecule has 1 aromatic heterocycles. The number of aliphatic hydroxyl groups excluding tert-OH is 1. The van der Waals surface area contributed by atoms with Gasteiger partial charge in [-0.25, -0.2) is 4.79 Å². The lowest BCUT2D eigenvalue weighted by Crippen LogP contribution is -2.53. The second kappa shape index (κ2) is 10.7. The Labute approximate surface area is 225 Å². The van der Waals surface area contributed by atoms with Crippen molar-refractivity contribution in [2.24, 2.45) is 5.92 Å². The van der Waals surface area contributed by atoms with E-state index in [4.69, 9.17) is 9.84 Å². The number of hydrogen-bond acceptors (Lipinski definition) is 4. The Bertz CT molecular complexity index is 1060. The summed E-state index contributed by atoms with van der Waals surface area (Å²) in [5.41, 5.74) is 2.33. The number of carbonyl (C=O) groups excluding carboxylic acids is 1. The second-order valence-corrected chi connectivity index (χ2v) is 19.2. The Morgan fingerprint density at radius 2 is 1.68 bits per heavy atom. The maximum atomic E-state index is 13.3. The molecule has 2 heterocycles. The monoisotopic (exact) mass is 529 g/mol. The molecule has 2 unspecified atom stereocenters. The van der Waals surface area contributed by atoms with E-state index in [0.29, 0.717) is 29.1 Å². The third kappa shape index (κ3) is 5.36. The summed E-state index contributed by atoms with van der Waals surface area (Å²) in [7, 11) is -2.00. The van der Waals surface area contributed by atoms with Crippen LogP contribution in [0.1, 0.15) is 107 Å². The van der Waals surface area contributed by atoms with Crippen LogP contribution in [-0.2, 0) is 4.74 Å². The van der Waals surface area contributed by atoms with Gasteiger partial charge in [0.1, 0.15) is 11.7 Å². The smallest absolute Gasteiger partial charge is 0.410 e. The molecule has 0 bridgehead atoms. The van der Waals surface area contributed by atoms with Crippen molar-refractivity contribution in [3.05, 3.63) is 30.0 Å². The highest BCUT2D eigenvalue weighted by Gasteiger charge is 2.51. The molecule has 1 amide bonds. The van der Waals surface area contributed by atoms with Crippen LogP contribution in [0.15, 0.2) is 24.4 Å². The first-order valence-corrected chi connectivity index (χ1v) is 16.4. The minimum Gasteiger partial charge on any atom is -0.444 e. The molecule has 37 heavy (non-hydrogen) atoms. The molecule has 0 saturated carbocycles. The normalized spacial score (nSPS) is 20.2. The molecule has 2 atom stereocenters. The van der Waals surface area contributed by atoms with E-state index >= 15 is 0 Å². The van der Waals surface area contributed by atoms with Crippen molar-refractivity contribution in [3.63, 3.8) is 0 Å². The zero-order valence-corrected chi connectivity index (χ0v) is 26.1. The molecule has 3 rings (SSSR count). The van der Waals surface area contributed by atoms with Gasteiger partial charge in [-0.15, -0.1) is 0 Å². The van der Waals surface area contributed by atoms with E-state index in [9.17, 15) is 9.90 Å². The highest BCUT2D eigenvalue weighted by molar-refractivity contribution is 6.82. The molecule has 1 aliphatic heterocycles. The lowest BCUT2D eigenvalue weighted by atomic mass is 9.78. The summed E-state index contributed by atoms with van der Waals surface area (Å²) in [6, 6.07) is 6.29. The van der Waals surface area contributed by atoms with Crippen LogP contribution < -0.4 is 0 Å². The molecular formula is C30H51N3O3Si. The fraction of sp³-hybridized carbons (Fsp3) is 0.733. The molecule has 1 aliphatic rings. The average molecular weight is 530 g/mol. The zero-order valence-electron chi connectivity index (χ0n) is 25.1. The van der Waals surface area contributed by atoms with Crippen LogP contribution in [0.3, 0.4) is 0 Å². The molecule has 1 saturated heterocycles. The number of fused-ring (bicyclic) bond motifs is 1. The number of rotatable bonds is 8. The largest absolute Gasteiger partial charge is 0.444 e. The Morgan fingerprint density at radius 3 is 2.19 bits per heavy atom. The zero-order chi connectivity index (χ0) is 27.9. The third-order valence-corrected chi connectivity index (χ3v) is 15.1. The number of aromatic nitrogens is 2. The number of likely N-dealkylation sites (tertiary alicyclic amines) is 1. The van der Waals surface area contributed by atoms with Gasteiger partial charge in [-0.05, 0) is 80.3 Å². The van der Waals surface area contributed by atoms with Crippen LogP contribution in [0, 0.1) is 5.92 Å². The summed E-state index contributed by atoms with van der Waals surface area (Å²) in [4.78, 5) is 15.1. The molecule has 1 fully saturated rings. The predicted molar refractivity (Wildman–Crippen MR) is 155 cm³/mol. The van der Waals surface area contributed by atoms with Crippen molar-refractivity contribution in [3.8, 4) is 0 Å². The molecule has 0 spiro atoms. The Hall–Kier alpha value is -1.86. The van der Waals surface area contributed by atoms with Gasteiger partial charge in [-0.2, -0.15) is 5.10 Å². The van der Waals surface area contributed by atoms with Gasteiger partial charge in [-0.3, -0.25) is 9.25 Å². The molecule has 0 aliphatic carbocycles. The molecule has 1 N–H and O–H groups in total. The summed E-state index contributed by atoms with van der Waals surface area (Å²) in [6.07, 6.45) is 3.16. The molecule has 208 valence electrons. The molecule has 6 nitrogen and oxygen atoms in total. The lowest BCUT2D eigenvalue weighted by Gasteiger charge is -2.44. The van der Waals surface area contributed by atoms with E-state index in [0.717, 1.165) is 35.7 Å². The highest BCUT2D eigenvalue weighted by atomic mass is 28.3. The van der Waals surface area contributed by atoms with Gasteiger partial charge in [0.15, 0.2) is 8.24 Å². The fourth-order valence-corrected chi connectivity index (χ4v) is 13.7. The van der Waals surface area contributed by atoms with E-state index in [1.807, 2.05) is 31.9 Å². The van der Waals surface area contributed by atoms with Crippen LogP contribution in [0.25, 0.3) is 10.9 Å². The first kappa shape index (κ1) is 29.7. The van der Waals surface area contributed by atoms with Crippen molar-refractivity contribution >= 4 is 25.2 Å². The van der Waals surface area contributed by atoms with Gasteiger partial charge in [0, 0.05) is 11.9 Å². The third-order valence-electron chi connectivity index (χ3n) is 8.46. The Balaban J connectivity index is 2.08. The van der Waals surface area contributed by atoms with Crippen LogP contribution in [-0.4, -0.2) is 51.5 Å². The van der Waals surface area contributed by atoms with Gasteiger partial charge in [0.2, 0.25) is 0 Å². The van der Waals surface area contributed by atoms with E-state index in [1.54, 1.807) is 0 Å². The van der Waals surface area contributed by atoms with Crippen molar-refractivity contribution in [1.29, 1.82) is 0 Å². The number of nitrogens with zero attached hydrogens (tertiary/aromatic N) is 3. The van der Waals surface area contributed by atoms with Crippen LogP contribution in [0.5, 0.6) is 0 Å². The number of aliphatic hydroxyl groups is 1. The summed E-state index contributed by atoms with van der Waals surface area (Å²) < 4.78 is 8.16. The van der Waals surface area contributed by atoms with Crippen molar-refractivity contribution < 1.29 is 14.6 Å². The van der Waals surface area contributed by atoms with E-state index in [-0.39, 0.29) is 6.09 Å². The number of carbonyl (C=O) groups is 1. The highest BCUT2D eigenvalue weighted by Crippen LogP contribution is 2.47. The second-order valence-electron chi connectivity index (χ2n) is 13.6. The van der Waals surface area contributed by atoms with Crippen LogP contribution in [0.4, 0.5) is 4.79 Å². The Morgan fingerprint density at radius 1 is 1.08 bits per heavy atom. The topological polar surface area (TPSA) is 67.6 Å². The maximum Gasteiger partial charge on any atom is 0.410 e. The standard InChI is InChI=1S/C30H51N3O3Si/c1-20(2)18-30(15-12-16-32(30)28(35)36-29(9,10)11)27(34)24-13-14-26-25(17-24)19-31-33(26)37(21(3)4,22(5)6)23(7)8/h13-14,17,19-23,27,34H,12,15-16,18H2,1-11H3. The van der Waals surface area contributed by atoms with Crippen LogP contribution >= 0.6 is 0 Å². The van der Waals surface area contributed by atoms with Gasteiger partial charge in [-0.1, -0.05) is 61.5 Å². The average Bonchev–Trinajstić information content (AvgIpc) is 3.36. The molecular weight excluding hydrogens is 478 g/mol. The minimum atomic E-state index is -2.00. The van der Waals surface area contributed by atoms with Crippen LogP contribution in [0.2, 0.25) is 16.6 Å². The van der Waals surface area contributed by atoms with E-state index in [1.165, 1.54) is 0 Å². The number of amides is 1. The predicted octanol–water partition coefficient (Wildman–Crippen LogP) is 7.91. The number of benzene rings is 1. The first-order chi connectivity index (χ1) is 17.1. The summed E-state index contributed by atoms with van der Waals surface area (Å²) in [5.74, 6) is 0.318.